The molecule has 0 aliphatic carbocycles. The first-order chi connectivity index (χ1) is 8.91. The Kier molecular flexibility index (Phi) is 4.88. The van der Waals surface area contributed by atoms with Crippen LogP contribution < -0.4 is 5.43 Å². The highest BCUT2D eigenvalue weighted by molar-refractivity contribution is 5.67. The third-order valence-corrected chi connectivity index (χ3v) is 3.03. The first kappa shape index (κ1) is 15.0. The topological polar surface area (TPSA) is 75.6 Å². The molecule has 6 nitrogen and oxygen atoms in total. The highest BCUT2D eigenvalue weighted by Gasteiger charge is 2.43. The van der Waals surface area contributed by atoms with Crippen LogP contribution in [0.5, 0.6) is 0 Å². The molecule has 0 saturated heterocycles. The molecule has 6 heteroatoms. The summed E-state index contributed by atoms with van der Waals surface area (Å²) in [6.45, 7) is 3.63. The van der Waals surface area contributed by atoms with E-state index in [0.29, 0.717) is 0 Å². The van der Waals surface area contributed by atoms with Crippen molar-refractivity contribution in [2.24, 2.45) is 0 Å². The number of hydrogen-bond donors (Lipinski definition) is 2. The minimum Gasteiger partial charge on any atom is -0.462 e. The molecule has 0 aliphatic rings. The maximum absolute atomic E-state index is 12.0. The number of carboxylic acid groups (broad SMARTS) is 1. The second-order valence-electron chi connectivity index (χ2n) is 4.28. The third-order valence-electron chi connectivity index (χ3n) is 3.03. The lowest BCUT2D eigenvalue weighted by atomic mass is 10.1. The highest BCUT2D eigenvalue weighted by atomic mass is 16.6. The van der Waals surface area contributed by atoms with Crippen molar-refractivity contribution < 1.29 is 24.0 Å². The Morgan fingerprint density at radius 3 is 2.42 bits per heavy atom. The Hall–Kier alpha value is -2.08. The quantitative estimate of drug-likeness (QED) is 0.652. The molecule has 0 fully saturated rings. The van der Waals surface area contributed by atoms with Crippen molar-refractivity contribution in [3.8, 4) is 0 Å². The number of nitrogens with one attached hydrogen (secondary N) is 1. The lowest BCUT2D eigenvalue weighted by Crippen LogP contribution is -2.61. The molecule has 2 N–H and O–H groups in total. The number of amides is 2. The average molecular weight is 267 g/mol. The van der Waals surface area contributed by atoms with Crippen LogP contribution in [0.25, 0.3) is 0 Å². The van der Waals surface area contributed by atoms with Gasteiger partial charge in [-0.05, 0) is 13.8 Å². The van der Waals surface area contributed by atoms with E-state index >= 15 is 0 Å². The molecule has 0 heterocycles. The van der Waals surface area contributed by atoms with Crippen LogP contribution in [0, 0.1) is 0 Å². The summed E-state index contributed by atoms with van der Waals surface area (Å²) in [7, 11) is 1.48. The first-order valence-electron chi connectivity index (χ1n) is 6.01. The van der Waals surface area contributed by atoms with Gasteiger partial charge in [-0.15, -0.1) is 4.59 Å². The molecule has 2 unspecified atom stereocenters. The van der Waals surface area contributed by atoms with Crippen molar-refractivity contribution in [3.05, 3.63) is 35.9 Å². The summed E-state index contributed by atoms with van der Waals surface area (Å²) in [4.78, 5) is 23.0. The maximum atomic E-state index is 12.0. The summed E-state index contributed by atoms with van der Waals surface area (Å²) in [5.41, 5.74) is 3.06. The SMILES string of the molecule is CCOC(=O)[N+](C)(NC(=O)O)C(C)c1ccccc1. The van der Waals surface area contributed by atoms with Crippen molar-refractivity contribution in [1.82, 2.24) is 5.43 Å². The van der Waals surface area contributed by atoms with E-state index in [-0.39, 0.29) is 6.61 Å². The van der Waals surface area contributed by atoms with Gasteiger partial charge in [-0.25, -0.2) is 4.79 Å². The predicted octanol–water partition coefficient (Wildman–Crippen LogP) is 2.53. The van der Waals surface area contributed by atoms with Gasteiger partial charge < -0.3 is 9.84 Å². The molecule has 0 aliphatic heterocycles. The summed E-state index contributed by atoms with van der Waals surface area (Å²) < 4.78 is 4.40. The minimum atomic E-state index is -1.28. The zero-order chi connectivity index (χ0) is 14.5. The van der Waals surface area contributed by atoms with E-state index in [2.05, 4.69) is 5.43 Å². The van der Waals surface area contributed by atoms with Crippen molar-refractivity contribution in [2.45, 2.75) is 19.9 Å². The van der Waals surface area contributed by atoms with Gasteiger partial charge >= 0.3 is 12.2 Å². The fourth-order valence-corrected chi connectivity index (χ4v) is 1.79. The number of benzene rings is 1. The van der Waals surface area contributed by atoms with Gasteiger partial charge in [0.2, 0.25) is 0 Å². The molecule has 1 aromatic rings. The third kappa shape index (κ3) is 3.45. The summed E-state index contributed by atoms with van der Waals surface area (Å²) >= 11 is 0. The lowest BCUT2D eigenvalue weighted by Gasteiger charge is -2.33. The largest absolute Gasteiger partial charge is 0.541 e. The number of carbonyl (C=O) groups excluding carboxylic acids is 1. The van der Waals surface area contributed by atoms with E-state index in [9.17, 15) is 9.59 Å². The molecule has 1 aromatic carbocycles. The van der Waals surface area contributed by atoms with E-state index in [1.165, 1.54) is 7.05 Å². The molecular weight excluding hydrogens is 248 g/mol. The lowest BCUT2D eigenvalue weighted by molar-refractivity contribution is -0.902. The van der Waals surface area contributed by atoms with Gasteiger partial charge in [-0.1, -0.05) is 30.3 Å². The van der Waals surface area contributed by atoms with Crippen LogP contribution in [-0.2, 0) is 4.74 Å². The fourth-order valence-electron chi connectivity index (χ4n) is 1.79. The molecule has 2 atom stereocenters. The van der Waals surface area contributed by atoms with E-state index in [1.807, 2.05) is 30.3 Å². The van der Waals surface area contributed by atoms with Gasteiger partial charge in [-0.3, -0.25) is 0 Å². The van der Waals surface area contributed by atoms with Crippen LogP contribution in [0.4, 0.5) is 9.59 Å². The molecule has 0 saturated carbocycles. The van der Waals surface area contributed by atoms with Gasteiger partial charge in [0.15, 0.2) is 0 Å². The van der Waals surface area contributed by atoms with Crippen molar-refractivity contribution >= 4 is 12.2 Å². The van der Waals surface area contributed by atoms with E-state index < -0.39 is 22.8 Å². The predicted molar refractivity (Wildman–Crippen MR) is 69.2 cm³/mol. The van der Waals surface area contributed by atoms with Crippen LogP contribution in [0.3, 0.4) is 0 Å². The van der Waals surface area contributed by atoms with Crippen LogP contribution in [0.2, 0.25) is 0 Å². The standard InChI is InChI=1S/C13H18N2O4/c1-4-19-13(18)15(3,14-12(16)17)10(2)11-8-6-5-7-9-11/h5-10,14H,4H2,1-3H3/p+1. The molecular formula is C13H19N2O4+. The smallest absolute Gasteiger partial charge is 0.462 e. The monoisotopic (exact) mass is 267 g/mol. The number of ether oxygens (including phenoxy) is 1. The molecule has 0 bridgehead atoms. The molecule has 1 rings (SSSR count). The van der Waals surface area contributed by atoms with Gasteiger partial charge in [-0.2, -0.15) is 10.2 Å². The number of rotatable bonds is 3. The van der Waals surface area contributed by atoms with Crippen molar-refractivity contribution in [2.75, 3.05) is 13.7 Å². The van der Waals surface area contributed by atoms with E-state index in [0.717, 1.165) is 5.56 Å². The van der Waals surface area contributed by atoms with Crippen LogP contribution in [0.1, 0.15) is 25.5 Å². The zero-order valence-corrected chi connectivity index (χ0v) is 11.3. The Morgan fingerprint density at radius 2 is 1.95 bits per heavy atom. The Balaban J connectivity index is 3.09. The summed E-state index contributed by atoms with van der Waals surface area (Å²) in [5.74, 6) is 0. The Labute approximate surface area is 112 Å². The number of carbonyl (C=O) groups is 2. The van der Waals surface area contributed by atoms with Gasteiger partial charge in [0, 0.05) is 5.56 Å². The Bertz CT molecular complexity index is 449. The summed E-state index contributed by atoms with van der Waals surface area (Å²) in [6, 6.07) is 8.80. The minimum absolute atomic E-state index is 0.190. The zero-order valence-electron chi connectivity index (χ0n) is 11.3. The van der Waals surface area contributed by atoms with Crippen LogP contribution in [-0.4, -0.2) is 35.5 Å². The number of quaternary nitrogens is 1. The highest BCUT2D eigenvalue weighted by Crippen LogP contribution is 2.25. The number of nitrogens with zero attached hydrogens (tertiary/aromatic N) is 1. The van der Waals surface area contributed by atoms with Crippen molar-refractivity contribution in [1.29, 1.82) is 0 Å². The molecule has 0 aromatic heterocycles. The molecule has 104 valence electrons. The fraction of sp³-hybridized carbons (Fsp3) is 0.385. The second kappa shape index (κ2) is 6.19. The van der Waals surface area contributed by atoms with Gasteiger partial charge in [0.25, 0.3) is 0 Å². The number of hydrogen-bond acceptors (Lipinski definition) is 3. The molecule has 0 radical (unpaired) electrons. The van der Waals surface area contributed by atoms with E-state index in [1.54, 1.807) is 13.8 Å². The van der Waals surface area contributed by atoms with Crippen molar-refractivity contribution in [3.63, 3.8) is 0 Å². The van der Waals surface area contributed by atoms with Gasteiger partial charge in [0.1, 0.15) is 13.1 Å². The summed E-state index contributed by atoms with van der Waals surface area (Å²) in [6.07, 6.45) is -1.92. The molecule has 2 amide bonds. The van der Waals surface area contributed by atoms with E-state index in [4.69, 9.17) is 9.84 Å². The second-order valence-corrected chi connectivity index (χ2v) is 4.28. The van der Waals surface area contributed by atoms with Gasteiger partial charge in [0.05, 0.1) is 6.61 Å². The molecule has 0 spiro atoms. The van der Waals surface area contributed by atoms with Crippen LogP contribution in [0.15, 0.2) is 30.3 Å². The normalized spacial score (nSPS) is 15.1. The average Bonchev–Trinajstić information content (AvgIpc) is 2.38. The van der Waals surface area contributed by atoms with Crippen LogP contribution >= 0.6 is 0 Å². The summed E-state index contributed by atoms with van der Waals surface area (Å²) in [5, 5.41) is 8.93. The maximum Gasteiger partial charge on any atom is 0.541 e. The molecule has 19 heavy (non-hydrogen) atoms. The first-order valence-corrected chi connectivity index (χ1v) is 6.01. The Morgan fingerprint density at radius 1 is 1.37 bits per heavy atom.